The number of rotatable bonds is 4. The molecule has 1 aliphatic rings. The number of halogens is 1. The predicted octanol–water partition coefficient (Wildman–Crippen LogP) is 3.89. The highest BCUT2D eigenvalue weighted by Gasteiger charge is 2.29. The first kappa shape index (κ1) is 16.9. The number of benzene rings is 1. The van der Waals surface area contributed by atoms with E-state index in [0.29, 0.717) is 42.3 Å². The fraction of sp³-hybridized carbons (Fsp3) is 0.263. The lowest BCUT2D eigenvalue weighted by Crippen LogP contribution is -2.35. The first-order valence-electron chi connectivity index (χ1n) is 8.26. The summed E-state index contributed by atoms with van der Waals surface area (Å²) < 4.78 is 24.7. The van der Waals surface area contributed by atoms with Crippen molar-refractivity contribution in [2.75, 3.05) is 13.7 Å². The van der Waals surface area contributed by atoms with Gasteiger partial charge in [0.1, 0.15) is 17.3 Å². The van der Waals surface area contributed by atoms with Crippen LogP contribution in [0.1, 0.15) is 25.9 Å². The molecule has 134 valence electrons. The van der Waals surface area contributed by atoms with Crippen molar-refractivity contribution in [2.24, 2.45) is 0 Å². The maximum atomic E-state index is 14.1. The van der Waals surface area contributed by atoms with E-state index in [-0.39, 0.29) is 11.7 Å². The monoisotopic (exact) mass is 372 g/mol. The lowest BCUT2D eigenvalue weighted by atomic mass is 10.0. The number of hydrogen-bond donors (Lipinski definition) is 0. The first-order chi connectivity index (χ1) is 12.7. The average Bonchev–Trinajstić information content (AvgIpc) is 3.28. The fourth-order valence-electron chi connectivity index (χ4n) is 3.12. The van der Waals surface area contributed by atoms with Crippen molar-refractivity contribution in [3.8, 4) is 11.3 Å². The van der Waals surface area contributed by atoms with E-state index in [4.69, 9.17) is 9.26 Å². The summed E-state index contributed by atoms with van der Waals surface area (Å²) in [7, 11) is 1.63. The van der Waals surface area contributed by atoms with Gasteiger partial charge in [-0.2, -0.15) is 0 Å². The van der Waals surface area contributed by atoms with Gasteiger partial charge >= 0.3 is 0 Å². The van der Waals surface area contributed by atoms with Crippen LogP contribution in [0, 0.1) is 5.82 Å². The summed E-state index contributed by atoms with van der Waals surface area (Å²) in [6, 6.07) is 10.2. The molecule has 3 aromatic rings. The van der Waals surface area contributed by atoms with Gasteiger partial charge in [0, 0.05) is 36.1 Å². The van der Waals surface area contributed by atoms with Gasteiger partial charge in [-0.1, -0.05) is 17.3 Å². The number of fused-ring (bicyclic) bond motifs is 1. The fourth-order valence-corrected chi connectivity index (χ4v) is 4.06. The van der Waals surface area contributed by atoms with Crippen molar-refractivity contribution in [2.45, 2.75) is 19.6 Å². The molecule has 1 aliphatic heterocycles. The molecule has 0 atom stereocenters. The number of methoxy groups -OCH3 is 1. The second kappa shape index (κ2) is 7.01. The number of aromatic nitrogens is 1. The van der Waals surface area contributed by atoms with Gasteiger partial charge in [-0.05, 0) is 24.3 Å². The molecular weight excluding hydrogens is 355 g/mol. The van der Waals surface area contributed by atoms with Crippen LogP contribution in [0.15, 0.2) is 40.9 Å². The molecule has 0 radical (unpaired) electrons. The molecule has 4 rings (SSSR count). The molecule has 0 bridgehead atoms. The molecule has 0 unspecified atom stereocenters. The molecule has 1 amide bonds. The Morgan fingerprint density at radius 2 is 2.19 bits per heavy atom. The van der Waals surface area contributed by atoms with Crippen molar-refractivity contribution in [3.05, 3.63) is 63.3 Å². The minimum Gasteiger partial charge on any atom is -0.379 e. The van der Waals surface area contributed by atoms with Gasteiger partial charge in [0.2, 0.25) is 0 Å². The van der Waals surface area contributed by atoms with Crippen molar-refractivity contribution in [1.82, 2.24) is 10.1 Å². The number of carbonyl (C=O) groups excluding carboxylic acids is 1. The second-order valence-electron chi connectivity index (χ2n) is 6.09. The quantitative estimate of drug-likeness (QED) is 0.697. The molecule has 3 heterocycles. The average molecular weight is 372 g/mol. The van der Waals surface area contributed by atoms with Crippen molar-refractivity contribution >= 4 is 17.2 Å². The number of amides is 1. The van der Waals surface area contributed by atoms with Gasteiger partial charge in [0.15, 0.2) is 0 Å². The van der Waals surface area contributed by atoms with E-state index in [1.54, 1.807) is 30.2 Å². The van der Waals surface area contributed by atoms with Gasteiger partial charge in [0.25, 0.3) is 5.91 Å². The van der Waals surface area contributed by atoms with E-state index in [0.717, 1.165) is 16.2 Å². The summed E-state index contributed by atoms with van der Waals surface area (Å²) in [5.41, 5.74) is 1.65. The lowest BCUT2D eigenvalue weighted by Gasteiger charge is -2.25. The Morgan fingerprint density at radius 1 is 1.35 bits per heavy atom. The Labute approximate surface area is 154 Å². The second-order valence-corrected chi connectivity index (χ2v) is 7.26. The molecule has 0 spiro atoms. The summed E-state index contributed by atoms with van der Waals surface area (Å²) in [5.74, 6) is 0.330. The molecule has 5 nitrogen and oxygen atoms in total. The predicted molar refractivity (Wildman–Crippen MR) is 95.4 cm³/mol. The minimum absolute atomic E-state index is 0.0383. The minimum atomic E-state index is -0.352. The van der Waals surface area contributed by atoms with Crippen molar-refractivity contribution in [1.29, 1.82) is 0 Å². The zero-order valence-electron chi connectivity index (χ0n) is 14.2. The number of carbonyl (C=O) groups is 1. The van der Waals surface area contributed by atoms with E-state index < -0.39 is 0 Å². The summed E-state index contributed by atoms with van der Waals surface area (Å²) in [4.78, 5) is 16.3. The topological polar surface area (TPSA) is 55.6 Å². The van der Waals surface area contributed by atoms with E-state index in [1.807, 2.05) is 12.1 Å². The molecule has 0 saturated carbocycles. The van der Waals surface area contributed by atoms with Gasteiger partial charge in [0.05, 0.1) is 18.0 Å². The van der Waals surface area contributed by atoms with Crippen LogP contribution in [-0.2, 0) is 24.3 Å². The van der Waals surface area contributed by atoms with Crippen LogP contribution in [0.3, 0.4) is 0 Å². The van der Waals surface area contributed by atoms with Gasteiger partial charge < -0.3 is 14.2 Å². The van der Waals surface area contributed by atoms with Gasteiger partial charge in [-0.25, -0.2) is 4.39 Å². The Morgan fingerprint density at radius 3 is 3.00 bits per heavy atom. The molecule has 0 N–H and O–H groups in total. The summed E-state index contributed by atoms with van der Waals surface area (Å²) in [5, 5.41) is 4.06. The van der Waals surface area contributed by atoms with Crippen LogP contribution in [0.25, 0.3) is 11.3 Å². The maximum absolute atomic E-state index is 14.1. The molecule has 2 aromatic heterocycles. The zero-order chi connectivity index (χ0) is 18.1. The molecular formula is C19H17FN2O3S. The van der Waals surface area contributed by atoms with E-state index in [1.165, 1.54) is 17.4 Å². The SMILES string of the molecule is COCc1ccc(C(=O)N2CCc3onc(-c4ccccc4F)c3C2)s1. The third-order valence-corrected chi connectivity index (χ3v) is 5.45. The Kier molecular flexibility index (Phi) is 4.57. The highest BCUT2D eigenvalue weighted by molar-refractivity contribution is 7.14. The smallest absolute Gasteiger partial charge is 0.264 e. The van der Waals surface area contributed by atoms with Crippen molar-refractivity contribution in [3.63, 3.8) is 0 Å². The molecule has 0 fully saturated rings. The number of nitrogens with zero attached hydrogens (tertiary/aromatic N) is 2. The number of hydrogen-bond acceptors (Lipinski definition) is 5. The normalized spacial score (nSPS) is 13.7. The van der Waals surface area contributed by atoms with Crippen LogP contribution in [0.2, 0.25) is 0 Å². The largest absolute Gasteiger partial charge is 0.379 e. The maximum Gasteiger partial charge on any atom is 0.264 e. The van der Waals surface area contributed by atoms with Gasteiger partial charge in [-0.15, -0.1) is 11.3 Å². The first-order valence-corrected chi connectivity index (χ1v) is 9.08. The molecule has 1 aromatic carbocycles. The van der Waals surface area contributed by atoms with Crippen LogP contribution in [0.4, 0.5) is 4.39 Å². The van der Waals surface area contributed by atoms with Crippen LogP contribution in [0.5, 0.6) is 0 Å². The highest BCUT2D eigenvalue weighted by atomic mass is 32.1. The lowest BCUT2D eigenvalue weighted by molar-refractivity contribution is 0.0734. The Hall–Kier alpha value is -2.51. The Balaban J connectivity index is 1.60. The van der Waals surface area contributed by atoms with E-state index in [9.17, 15) is 9.18 Å². The highest BCUT2D eigenvalue weighted by Crippen LogP contribution is 2.32. The van der Waals surface area contributed by atoms with Crippen LogP contribution in [-0.4, -0.2) is 29.6 Å². The summed E-state index contributed by atoms with van der Waals surface area (Å²) >= 11 is 1.43. The number of ether oxygens (including phenoxy) is 1. The van der Waals surface area contributed by atoms with Crippen molar-refractivity contribution < 1.29 is 18.4 Å². The van der Waals surface area contributed by atoms with E-state index in [2.05, 4.69) is 5.16 Å². The van der Waals surface area contributed by atoms with Gasteiger partial charge in [-0.3, -0.25) is 4.79 Å². The Bertz CT molecular complexity index is 950. The van der Waals surface area contributed by atoms with E-state index >= 15 is 0 Å². The standard InChI is InChI=1S/C19H17FN2O3S/c1-24-11-12-6-7-17(26-12)19(23)22-9-8-16-14(10-22)18(21-25-16)13-4-2-3-5-15(13)20/h2-7H,8-11H2,1H3. The summed E-state index contributed by atoms with van der Waals surface area (Å²) in [6.07, 6.45) is 0.568. The van der Waals surface area contributed by atoms with Crippen LogP contribution >= 0.6 is 11.3 Å². The van der Waals surface area contributed by atoms with Crippen LogP contribution < -0.4 is 0 Å². The summed E-state index contributed by atoms with van der Waals surface area (Å²) in [6.45, 7) is 1.40. The molecule has 26 heavy (non-hydrogen) atoms. The molecule has 0 aliphatic carbocycles. The zero-order valence-corrected chi connectivity index (χ0v) is 15.0. The number of thiophene rings is 1. The third-order valence-electron chi connectivity index (χ3n) is 4.40. The third kappa shape index (κ3) is 3.04. The molecule has 7 heteroatoms. The molecule has 0 saturated heterocycles.